The number of rotatable bonds is 8. The van der Waals surface area contributed by atoms with Crippen molar-refractivity contribution in [1.82, 2.24) is 29.7 Å². The number of carboxylic acid groups (broad SMARTS) is 1. The minimum absolute atomic E-state index is 0.107. The van der Waals surface area contributed by atoms with Crippen LogP contribution in [0.2, 0.25) is 0 Å². The van der Waals surface area contributed by atoms with E-state index in [9.17, 15) is 9.90 Å². The smallest absolute Gasteiger partial charge is 0.335 e. The number of pyridine rings is 1. The van der Waals surface area contributed by atoms with Gasteiger partial charge in [0.25, 0.3) is 0 Å². The van der Waals surface area contributed by atoms with Gasteiger partial charge in [0.2, 0.25) is 0 Å². The summed E-state index contributed by atoms with van der Waals surface area (Å²) < 4.78 is 7.26. The molecular weight excluding hydrogens is 504 g/mol. The van der Waals surface area contributed by atoms with Crippen LogP contribution >= 0.6 is 0 Å². The molecule has 3 aromatic carbocycles. The van der Waals surface area contributed by atoms with E-state index >= 15 is 0 Å². The fraction of sp³-hybridized carbons (Fsp3) is 0.0968. The summed E-state index contributed by atoms with van der Waals surface area (Å²) in [6.07, 6.45) is 5.69. The third-order valence-electron chi connectivity index (χ3n) is 6.35. The van der Waals surface area contributed by atoms with E-state index in [0.717, 1.165) is 45.5 Å². The highest BCUT2D eigenvalue weighted by Gasteiger charge is 2.18. The van der Waals surface area contributed by atoms with Crippen LogP contribution in [0.4, 0.5) is 0 Å². The minimum atomic E-state index is -1.05. The van der Waals surface area contributed by atoms with Crippen molar-refractivity contribution >= 4 is 17.0 Å². The van der Waals surface area contributed by atoms with Crippen LogP contribution in [0.15, 0.2) is 97.5 Å². The van der Waals surface area contributed by atoms with Gasteiger partial charge in [-0.1, -0.05) is 43.3 Å². The molecule has 1 N–H and O–H groups in total. The molecule has 0 unspecified atom stereocenters. The summed E-state index contributed by atoms with van der Waals surface area (Å²) in [5.74, 6) is 1.13. The van der Waals surface area contributed by atoms with Gasteiger partial charge in [-0.15, -0.1) is 5.10 Å². The Kier molecular flexibility index (Phi) is 6.68. The highest BCUT2D eigenvalue weighted by atomic mass is 16.5. The molecular formula is C31H24N6O3. The fourth-order valence-electron chi connectivity index (χ4n) is 4.33. The quantitative estimate of drug-likeness (QED) is 0.252. The van der Waals surface area contributed by atoms with Crippen LogP contribution in [0.1, 0.15) is 23.7 Å². The Morgan fingerprint density at radius 3 is 2.17 bits per heavy atom. The zero-order valence-corrected chi connectivity index (χ0v) is 21.6. The summed E-state index contributed by atoms with van der Waals surface area (Å²) >= 11 is 0. The molecule has 0 radical (unpaired) electrons. The first-order valence-electron chi connectivity index (χ1n) is 12.8. The Morgan fingerprint density at radius 1 is 0.775 bits per heavy atom. The Balaban J connectivity index is 1.40. The van der Waals surface area contributed by atoms with Crippen molar-refractivity contribution in [3.8, 4) is 45.5 Å². The van der Waals surface area contributed by atoms with Crippen molar-refractivity contribution < 1.29 is 14.6 Å². The zero-order valence-electron chi connectivity index (χ0n) is 21.6. The molecule has 0 saturated carbocycles. The molecule has 0 aliphatic rings. The molecule has 6 rings (SSSR count). The number of ether oxygens (including phenoxy) is 1. The first-order chi connectivity index (χ1) is 19.6. The number of carbonyl (C=O) groups is 1. The topological polar surface area (TPSA) is 116 Å². The lowest BCUT2D eigenvalue weighted by atomic mass is 10.0. The van der Waals surface area contributed by atoms with Gasteiger partial charge in [0.05, 0.1) is 23.2 Å². The van der Waals surface area contributed by atoms with E-state index in [1.54, 1.807) is 17.1 Å². The normalized spacial score (nSPS) is 11.0. The molecule has 9 nitrogen and oxygen atoms in total. The van der Waals surface area contributed by atoms with Gasteiger partial charge < -0.3 is 9.84 Å². The molecule has 0 aliphatic heterocycles. The Hall–Kier alpha value is -5.44. The second-order valence-electron chi connectivity index (χ2n) is 9.09. The van der Waals surface area contributed by atoms with Gasteiger partial charge in [-0.05, 0) is 60.0 Å². The molecule has 0 spiro atoms. The molecule has 0 atom stereocenters. The van der Waals surface area contributed by atoms with Crippen molar-refractivity contribution in [2.24, 2.45) is 0 Å². The van der Waals surface area contributed by atoms with Gasteiger partial charge in [-0.25, -0.2) is 14.8 Å². The van der Waals surface area contributed by atoms with E-state index in [4.69, 9.17) is 14.8 Å². The number of hydrogen-bond donors (Lipinski definition) is 1. The van der Waals surface area contributed by atoms with Gasteiger partial charge in [0.15, 0.2) is 17.5 Å². The molecule has 9 heteroatoms. The number of benzene rings is 3. The summed E-state index contributed by atoms with van der Waals surface area (Å²) in [5, 5.41) is 14.3. The second kappa shape index (κ2) is 10.7. The lowest BCUT2D eigenvalue weighted by Gasteiger charge is -2.08. The van der Waals surface area contributed by atoms with Gasteiger partial charge in [0.1, 0.15) is 5.75 Å². The Morgan fingerprint density at radius 2 is 1.45 bits per heavy atom. The van der Waals surface area contributed by atoms with Crippen LogP contribution in [0.3, 0.4) is 0 Å². The van der Waals surface area contributed by atoms with Gasteiger partial charge in [-0.2, -0.15) is 4.68 Å². The highest BCUT2D eigenvalue weighted by molar-refractivity contribution is 5.88. The predicted octanol–water partition coefficient (Wildman–Crippen LogP) is 6.09. The van der Waals surface area contributed by atoms with E-state index in [-0.39, 0.29) is 5.56 Å². The molecule has 0 aliphatic carbocycles. The van der Waals surface area contributed by atoms with Gasteiger partial charge in [0, 0.05) is 29.7 Å². The van der Waals surface area contributed by atoms with Crippen LogP contribution < -0.4 is 4.74 Å². The molecule has 3 heterocycles. The Bertz CT molecular complexity index is 1810. The molecule has 40 heavy (non-hydrogen) atoms. The van der Waals surface area contributed by atoms with E-state index in [2.05, 4.69) is 21.9 Å². The van der Waals surface area contributed by atoms with Crippen molar-refractivity contribution in [2.45, 2.75) is 13.3 Å². The Labute approximate surface area is 229 Å². The predicted molar refractivity (Wildman–Crippen MR) is 151 cm³/mol. The van der Waals surface area contributed by atoms with E-state index < -0.39 is 5.97 Å². The lowest BCUT2D eigenvalue weighted by Crippen LogP contribution is -2.05. The highest BCUT2D eigenvalue weighted by Crippen LogP contribution is 2.29. The van der Waals surface area contributed by atoms with Crippen molar-refractivity contribution in [3.63, 3.8) is 0 Å². The lowest BCUT2D eigenvalue weighted by molar-refractivity contribution is 0.0696. The van der Waals surface area contributed by atoms with Crippen molar-refractivity contribution in [3.05, 3.63) is 103 Å². The standard InChI is InChI=1S/C31H24N6O3/c1-2-17-40-25-10-7-21(8-11-25)20-3-5-22(6-4-20)30-35-29(23-9-12-26-27(18-23)33-16-15-32-26)36-37(30)28-19-24(31(38)39)13-14-34-28/h3-16,18-19H,2,17H2,1H3,(H,38,39). The van der Waals surface area contributed by atoms with Crippen molar-refractivity contribution in [2.75, 3.05) is 6.61 Å². The fourth-order valence-corrected chi connectivity index (χ4v) is 4.33. The van der Waals surface area contributed by atoms with Crippen molar-refractivity contribution in [1.29, 1.82) is 0 Å². The maximum absolute atomic E-state index is 11.6. The average molecular weight is 529 g/mol. The molecule has 3 aromatic heterocycles. The molecule has 0 saturated heterocycles. The number of nitrogens with zero attached hydrogens (tertiary/aromatic N) is 6. The number of hydrogen-bond acceptors (Lipinski definition) is 7. The monoisotopic (exact) mass is 528 g/mol. The molecule has 0 fully saturated rings. The maximum atomic E-state index is 11.6. The maximum Gasteiger partial charge on any atom is 0.335 e. The van der Waals surface area contributed by atoms with Crippen LogP contribution in [0.25, 0.3) is 50.8 Å². The molecule has 0 amide bonds. The summed E-state index contributed by atoms with van der Waals surface area (Å²) in [6.45, 7) is 2.77. The van der Waals surface area contributed by atoms with Crippen LogP contribution in [0, 0.1) is 0 Å². The van der Waals surface area contributed by atoms with E-state index in [0.29, 0.717) is 24.1 Å². The largest absolute Gasteiger partial charge is 0.494 e. The number of aromatic nitrogens is 6. The molecule has 196 valence electrons. The van der Waals surface area contributed by atoms with Crippen LogP contribution in [0.5, 0.6) is 5.75 Å². The summed E-state index contributed by atoms with van der Waals surface area (Å²) in [7, 11) is 0. The summed E-state index contributed by atoms with van der Waals surface area (Å²) in [4.78, 5) is 29.6. The summed E-state index contributed by atoms with van der Waals surface area (Å²) in [6, 6.07) is 24.5. The molecule has 6 aromatic rings. The van der Waals surface area contributed by atoms with Gasteiger partial charge in [-0.3, -0.25) is 9.97 Å². The second-order valence-corrected chi connectivity index (χ2v) is 9.09. The molecule has 0 bridgehead atoms. The number of fused-ring (bicyclic) bond motifs is 1. The van der Waals surface area contributed by atoms with E-state index in [1.807, 2.05) is 66.7 Å². The SMILES string of the molecule is CCCOc1ccc(-c2ccc(-c3nc(-c4ccc5nccnc5c4)nn3-c3cc(C(=O)O)ccn3)cc2)cc1. The van der Waals surface area contributed by atoms with Gasteiger partial charge >= 0.3 is 5.97 Å². The minimum Gasteiger partial charge on any atom is -0.494 e. The average Bonchev–Trinajstić information content (AvgIpc) is 3.46. The third kappa shape index (κ3) is 5.00. The summed E-state index contributed by atoms with van der Waals surface area (Å²) in [5.41, 5.74) is 5.25. The first kappa shape index (κ1) is 24.9. The zero-order chi connectivity index (χ0) is 27.5. The van der Waals surface area contributed by atoms with Crippen LogP contribution in [-0.4, -0.2) is 47.4 Å². The third-order valence-corrected chi connectivity index (χ3v) is 6.35. The van der Waals surface area contributed by atoms with E-state index in [1.165, 1.54) is 18.3 Å². The first-order valence-corrected chi connectivity index (χ1v) is 12.8. The number of carboxylic acids is 1. The van der Waals surface area contributed by atoms with Crippen LogP contribution in [-0.2, 0) is 0 Å². The number of aromatic carboxylic acids is 1.